The number of benzene rings is 4. The summed E-state index contributed by atoms with van der Waals surface area (Å²) in [6.07, 6.45) is 2.38. The highest BCUT2D eigenvalue weighted by Gasteiger charge is 2.36. The maximum atomic E-state index is 13.3. The van der Waals surface area contributed by atoms with Gasteiger partial charge in [-0.1, -0.05) is 72.3 Å². The van der Waals surface area contributed by atoms with Gasteiger partial charge in [0.25, 0.3) is 5.91 Å². The topological polar surface area (TPSA) is 45.0 Å². The fourth-order valence-electron chi connectivity index (χ4n) is 4.38. The summed E-state index contributed by atoms with van der Waals surface area (Å²) in [5, 5.41) is 10.3. The van der Waals surface area contributed by atoms with Gasteiger partial charge in [-0.2, -0.15) is 10.1 Å². The highest BCUT2D eigenvalue weighted by molar-refractivity contribution is 8.18. The van der Waals surface area contributed by atoms with Gasteiger partial charge in [-0.05, 0) is 75.6 Å². The monoisotopic (exact) mass is 511 g/mol. The normalized spacial score (nSPS) is 18.7. The van der Waals surface area contributed by atoms with Crippen molar-refractivity contribution in [3.63, 3.8) is 0 Å². The van der Waals surface area contributed by atoms with E-state index in [0.29, 0.717) is 21.5 Å². The standard InChI is InChI=1S/C29H19ClFN3OS/c30-23-11-9-20(10-12-23)26-17-25(22-8-7-19-3-1-2-4-21(19)16-22)33-34(26)29-32-28(35)27(36-29)15-18-5-13-24(31)14-6-18/h1-16,26H,17H2/b27-15-. The molecule has 4 aromatic rings. The largest absolute Gasteiger partial charge is 0.286 e. The van der Waals surface area contributed by atoms with E-state index < -0.39 is 0 Å². The van der Waals surface area contributed by atoms with Crippen LogP contribution in [0.4, 0.5) is 4.39 Å². The molecule has 1 unspecified atom stereocenters. The van der Waals surface area contributed by atoms with Gasteiger partial charge in [0.2, 0.25) is 0 Å². The number of thioether (sulfide) groups is 1. The molecule has 0 N–H and O–H groups in total. The molecule has 0 aliphatic carbocycles. The number of rotatable bonds is 3. The molecule has 176 valence electrons. The molecule has 0 fully saturated rings. The van der Waals surface area contributed by atoms with Crippen LogP contribution in [0.3, 0.4) is 0 Å². The molecule has 0 aromatic heterocycles. The molecule has 6 rings (SSSR count). The van der Waals surface area contributed by atoms with Gasteiger partial charge in [0, 0.05) is 11.4 Å². The molecule has 2 aliphatic heterocycles. The summed E-state index contributed by atoms with van der Waals surface area (Å²) in [5.74, 6) is -0.651. The van der Waals surface area contributed by atoms with Crippen LogP contribution >= 0.6 is 23.4 Å². The minimum Gasteiger partial charge on any atom is -0.266 e. The van der Waals surface area contributed by atoms with Crippen molar-refractivity contribution in [1.82, 2.24) is 5.01 Å². The maximum absolute atomic E-state index is 13.3. The number of amidine groups is 1. The molecular formula is C29H19ClFN3OS. The van der Waals surface area contributed by atoms with Gasteiger partial charge in [0.05, 0.1) is 16.7 Å². The number of amides is 1. The minimum absolute atomic E-state index is 0.132. The first-order valence-electron chi connectivity index (χ1n) is 11.4. The van der Waals surface area contributed by atoms with E-state index in [4.69, 9.17) is 16.7 Å². The van der Waals surface area contributed by atoms with E-state index >= 15 is 0 Å². The van der Waals surface area contributed by atoms with Crippen LogP contribution in [0.5, 0.6) is 0 Å². The second kappa shape index (κ2) is 9.37. The lowest BCUT2D eigenvalue weighted by Gasteiger charge is -2.22. The molecule has 4 nitrogen and oxygen atoms in total. The molecule has 4 aromatic carbocycles. The molecule has 2 aliphatic rings. The highest BCUT2D eigenvalue weighted by atomic mass is 35.5. The predicted molar refractivity (Wildman–Crippen MR) is 146 cm³/mol. The van der Waals surface area contributed by atoms with E-state index in [1.165, 1.54) is 29.3 Å². The minimum atomic E-state index is -0.330. The average Bonchev–Trinajstić information content (AvgIpc) is 3.49. The highest BCUT2D eigenvalue weighted by Crippen LogP contribution is 2.40. The number of nitrogens with zero attached hydrogens (tertiary/aromatic N) is 3. The molecule has 0 radical (unpaired) electrons. The number of fused-ring (bicyclic) bond motifs is 1. The van der Waals surface area contributed by atoms with Crippen molar-refractivity contribution in [2.75, 3.05) is 0 Å². The Morgan fingerprint density at radius 1 is 0.944 bits per heavy atom. The summed E-state index contributed by atoms with van der Waals surface area (Å²) in [6.45, 7) is 0. The number of halogens is 2. The van der Waals surface area contributed by atoms with Crippen LogP contribution in [-0.2, 0) is 4.79 Å². The third-order valence-electron chi connectivity index (χ3n) is 6.22. The summed E-state index contributed by atoms with van der Waals surface area (Å²) in [6, 6.07) is 28.1. The van der Waals surface area contributed by atoms with Crippen molar-refractivity contribution in [2.24, 2.45) is 10.1 Å². The van der Waals surface area contributed by atoms with Crippen molar-refractivity contribution < 1.29 is 9.18 Å². The van der Waals surface area contributed by atoms with E-state index in [0.717, 1.165) is 27.8 Å². The lowest BCUT2D eigenvalue weighted by atomic mass is 9.97. The quantitative estimate of drug-likeness (QED) is 0.268. The lowest BCUT2D eigenvalue weighted by Crippen LogP contribution is -2.23. The molecule has 0 spiro atoms. The second-order valence-corrected chi connectivity index (χ2v) is 10.0. The first-order valence-corrected chi connectivity index (χ1v) is 12.6. The fourth-order valence-corrected chi connectivity index (χ4v) is 5.42. The summed E-state index contributed by atoms with van der Waals surface area (Å²) in [5.41, 5.74) is 3.73. The Morgan fingerprint density at radius 3 is 2.47 bits per heavy atom. The van der Waals surface area contributed by atoms with Crippen LogP contribution in [0.15, 0.2) is 106 Å². The van der Waals surface area contributed by atoms with Crippen LogP contribution in [0.1, 0.15) is 29.2 Å². The van der Waals surface area contributed by atoms with Crippen molar-refractivity contribution in [3.05, 3.63) is 123 Å². The van der Waals surface area contributed by atoms with E-state index in [2.05, 4.69) is 35.3 Å². The number of hydrogen-bond donors (Lipinski definition) is 0. The van der Waals surface area contributed by atoms with Crippen molar-refractivity contribution in [3.8, 4) is 0 Å². The fraction of sp³-hybridized carbons (Fsp3) is 0.0690. The zero-order valence-electron chi connectivity index (χ0n) is 18.9. The lowest BCUT2D eigenvalue weighted by molar-refractivity contribution is -0.113. The Morgan fingerprint density at radius 2 is 1.69 bits per heavy atom. The van der Waals surface area contributed by atoms with Gasteiger partial charge < -0.3 is 0 Å². The Hall–Kier alpha value is -3.74. The smallest absolute Gasteiger partial charge is 0.266 e. The Balaban J connectivity index is 1.36. The molecule has 36 heavy (non-hydrogen) atoms. The zero-order valence-corrected chi connectivity index (χ0v) is 20.5. The van der Waals surface area contributed by atoms with Gasteiger partial charge in [0.15, 0.2) is 5.17 Å². The second-order valence-electron chi connectivity index (χ2n) is 8.59. The number of carbonyl (C=O) groups excluding carboxylic acids is 1. The van der Waals surface area contributed by atoms with E-state index in [1.807, 2.05) is 41.4 Å². The van der Waals surface area contributed by atoms with Gasteiger partial charge >= 0.3 is 0 Å². The number of hydrogen-bond acceptors (Lipinski definition) is 4. The molecule has 2 heterocycles. The SMILES string of the molecule is O=C1N=C(N2N=C(c3ccc4ccccc4c3)CC2c2ccc(Cl)cc2)S/C1=C\c1ccc(F)cc1. The average molecular weight is 512 g/mol. The van der Waals surface area contributed by atoms with Crippen LogP contribution in [0.25, 0.3) is 16.8 Å². The molecule has 7 heteroatoms. The van der Waals surface area contributed by atoms with E-state index in [-0.39, 0.29) is 17.8 Å². The molecule has 0 bridgehead atoms. The van der Waals surface area contributed by atoms with Gasteiger partial charge in [-0.3, -0.25) is 4.79 Å². The van der Waals surface area contributed by atoms with Crippen molar-refractivity contribution in [2.45, 2.75) is 12.5 Å². The Labute approximate surface area is 216 Å². The summed E-state index contributed by atoms with van der Waals surface area (Å²) >= 11 is 7.42. The third kappa shape index (κ3) is 4.45. The Bertz CT molecular complexity index is 1580. The molecule has 1 atom stereocenters. The van der Waals surface area contributed by atoms with Gasteiger partial charge in [0.1, 0.15) is 5.82 Å². The van der Waals surface area contributed by atoms with E-state index in [9.17, 15) is 9.18 Å². The molecule has 0 saturated heterocycles. The maximum Gasteiger partial charge on any atom is 0.286 e. The molecule has 1 amide bonds. The third-order valence-corrected chi connectivity index (χ3v) is 7.45. The first-order chi connectivity index (χ1) is 17.5. The van der Waals surface area contributed by atoms with Crippen LogP contribution in [-0.4, -0.2) is 21.8 Å². The predicted octanol–water partition coefficient (Wildman–Crippen LogP) is 7.45. The van der Waals surface area contributed by atoms with Crippen molar-refractivity contribution in [1.29, 1.82) is 0 Å². The molecule has 0 saturated carbocycles. The summed E-state index contributed by atoms with van der Waals surface area (Å²) < 4.78 is 13.3. The van der Waals surface area contributed by atoms with Crippen LogP contribution in [0, 0.1) is 5.82 Å². The molecular weight excluding hydrogens is 493 g/mol. The first kappa shape index (κ1) is 22.7. The van der Waals surface area contributed by atoms with Crippen molar-refractivity contribution >= 4 is 57.0 Å². The van der Waals surface area contributed by atoms with Gasteiger partial charge in [-0.25, -0.2) is 9.40 Å². The van der Waals surface area contributed by atoms with Crippen LogP contribution in [0.2, 0.25) is 5.02 Å². The summed E-state index contributed by atoms with van der Waals surface area (Å²) in [7, 11) is 0. The summed E-state index contributed by atoms with van der Waals surface area (Å²) in [4.78, 5) is 17.6. The number of hydrazone groups is 1. The zero-order chi connectivity index (χ0) is 24.6. The number of aliphatic imine (C=N–C) groups is 1. The van der Waals surface area contributed by atoms with E-state index in [1.54, 1.807) is 18.2 Å². The Kier molecular flexibility index (Phi) is 5.91. The number of carbonyl (C=O) groups is 1. The van der Waals surface area contributed by atoms with Crippen LogP contribution < -0.4 is 0 Å². The van der Waals surface area contributed by atoms with Gasteiger partial charge in [-0.15, -0.1) is 0 Å².